The molecule has 0 heterocycles. The Labute approximate surface area is 185 Å². The van der Waals surface area contributed by atoms with Gasteiger partial charge in [-0.25, -0.2) is 9.59 Å². The fourth-order valence-corrected chi connectivity index (χ4v) is 4.70. The summed E-state index contributed by atoms with van der Waals surface area (Å²) in [5.41, 5.74) is 4.51. The highest BCUT2D eigenvalue weighted by molar-refractivity contribution is 5.86. The molecular formula is C24H26N2O6. The number of carbonyl (C=O) groups is 3. The molecule has 0 bridgehead atoms. The molecule has 8 nitrogen and oxygen atoms in total. The molecule has 1 fully saturated rings. The monoisotopic (exact) mass is 438 g/mol. The average Bonchev–Trinajstić information content (AvgIpc) is 3.38. The maximum Gasteiger partial charge on any atom is 0.407 e. The van der Waals surface area contributed by atoms with Crippen molar-refractivity contribution in [3.63, 3.8) is 0 Å². The highest BCUT2D eigenvalue weighted by Crippen LogP contribution is 2.44. The van der Waals surface area contributed by atoms with Crippen LogP contribution in [0.15, 0.2) is 48.5 Å². The van der Waals surface area contributed by atoms with Crippen LogP contribution < -0.4 is 10.6 Å². The van der Waals surface area contributed by atoms with Gasteiger partial charge in [-0.15, -0.1) is 0 Å². The van der Waals surface area contributed by atoms with Crippen LogP contribution >= 0.6 is 0 Å². The molecule has 2 aromatic carbocycles. The second-order valence-electron chi connectivity index (χ2n) is 8.20. The van der Waals surface area contributed by atoms with Crippen molar-refractivity contribution >= 4 is 18.0 Å². The first-order chi connectivity index (χ1) is 15.5. The van der Waals surface area contributed by atoms with Crippen molar-refractivity contribution in [2.24, 2.45) is 5.92 Å². The Balaban J connectivity index is 1.37. The lowest BCUT2D eigenvalue weighted by Crippen LogP contribution is -2.50. The third kappa shape index (κ3) is 4.31. The summed E-state index contributed by atoms with van der Waals surface area (Å²) in [7, 11) is 0. The number of carboxylic acid groups (broad SMARTS) is 1. The van der Waals surface area contributed by atoms with Gasteiger partial charge in [-0.05, 0) is 35.1 Å². The maximum atomic E-state index is 12.5. The quantitative estimate of drug-likeness (QED) is 0.526. The van der Waals surface area contributed by atoms with Gasteiger partial charge in [0.2, 0.25) is 5.91 Å². The van der Waals surface area contributed by atoms with Crippen LogP contribution in [0.1, 0.15) is 36.3 Å². The summed E-state index contributed by atoms with van der Waals surface area (Å²) in [5.74, 6) is -2.42. The van der Waals surface area contributed by atoms with Gasteiger partial charge in [0.1, 0.15) is 12.6 Å². The summed E-state index contributed by atoms with van der Waals surface area (Å²) < 4.78 is 5.55. The third-order valence-electron chi connectivity index (χ3n) is 6.30. The summed E-state index contributed by atoms with van der Waals surface area (Å²) in [6.45, 7) is -0.521. The average molecular weight is 438 g/mol. The first-order valence-electron chi connectivity index (χ1n) is 10.7. The number of carboxylic acids is 1. The first-order valence-corrected chi connectivity index (χ1v) is 10.7. The molecule has 4 rings (SSSR count). The number of nitrogens with one attached hydrogen (secondary N) is 2. The number of fused-ring (bicyclic) bond motifs is 3. The molecule has 4 N–H and O–H groups in total. The van der Waals surface area contributed by atoms with Crippen molar-refractivity contribution in [1.82, 2.24) is 10.6 Å². The normalized spacial score (nSPS) is 20.2. The smallest absolute Gasteiger partial charge is 0.407 e. The Bertz CT molecular complexity index is 978. The van der Waals surface area contributed by atoms with Crippen molar-refractivity contribution in [2.45, 2.75) is 37.3 Å². The fourth-order valence-electron chi connectivity index (χ4n) is 4.70. The number of alkyl carbamates (subject to hydrolysis) is 1. The minimum Gasteiger partial charge on any atom is -0.480 e. The molecule has 2 aliphatic carbocycles. The maximum absolute atomic E-state index is 12.5. The zero-order valence-corrected chi connectivity index (χ0v) is 17.5. The van der Waals surface area contributed by atoms with E-state index in [2.05, 4.69) is 22.8 Å². The number of aliphatic carboxylic acids is 1. The molecule has 0 aliphatic heterocycles. The number of ether oxygens (including phenoxy) is 1. The van der Waals surface area contributed by atoms with E-state index in [0.29, 0.717) is 12.8 Å². The van der Waals surface area contributed by atoms with E-state index in [-0.39, 0.29) is 12.5 Å². The van der Waals surface area contributed by atoms with E-state index in [4.69, 9.17) is 14.9 Å². The number of hydrogen-bond acceptors (Lipinski definition) is 5. The van der Waals surface area contributed by atoms with Crippen LogP contribution in [0.25, 0.3) is 11.1 Å². The second-order valence-corrected chi connectivity index (χ2v) is 8.20. The number of hydrogen-bond donors (Lipinski definition) is 4. The molecule has 2 aromatic rings. The van der Waals surface area contributed by atoms with Gasteiger partial charge < -0.3 is 25.6 Å². The highest BCUT2D eigenvalue weighted by Gasteiger charge is 2.36. The van der Waals surface area contributed by atoms with Crippen molar-refractivity contribution in [1.29, 1.82) is 0 Å². The lowest BCUT2D eigenvalue weighted by atomic mass is 9.98. The summed E-state index contributed by atoms with van der Waals surface area (Å²) in [6.07, 6.45) is 1.24. The Morgan fingerprint density at radius 2 is 1.62 bits per heavy atom. The number of benzene rings is 2. The van der Waals surface area contributed by atoms with Crippen LogP contribution in [-0.2, 0) is 14.3 Å². The van der Waals surface area contributed by atoms with Crippen molar-refractivity contribution < 1.29 is 29.3 Å². The van der Waals surface area contributed by atoms with Gasteiger partial charge >= 0.3 is 12.1 Å². The zero-order chi connectivity index (χ0) is 22.7. The van der Waals surface area contributed by atoms with E-state index in [1.54, 1.807) is 0 Å². The van der Waals surface area contributed by atoms with Gasteiger partial charge in [-0.2, -0.15) is 0 Å². The van der Waals surface area contributed by atoms with Crippen LogP contribution in [0.2, 0.25) is 0 Å². The minimum atomic E-state index is -1.36. The van der Waals surface area contributed by atoms with Crippen LogP contribution in [0.5, 0.6) is 0 Å². The minimum absolute atomic E-state index is 0.0586. The van der Waals surface area contributed by atoms with E-state index in [1.165, 1.54) is 0 Å². The second kappa shape index (κ2) is 9.40. The van der Waals surface area contributed by atoms with Crippen LogP contribution in [0.4, 0.5) is 4.79 Å². The van der Waals surface area contributed by atoms with E-state index in [0.717, 1.165) is 28.7 Å². The molecular weight excluding hydrogens is 412 g/mol. The van der Waals surface area contributed by atoms with Crippen molar-refractivity contribution in [3.8, 4) is 11.1 Å². The zero-order valence-electron chi connectivity index (χ0n) is 17.5. The highest BCUT2D eigenvalue weighted by atomic mass is 16.5. The first kappa shape index (κ1) is 21.8. The number of carbonyl (C=O) groups excluding carboxylic acids is 2. The molecule has 1 saturated carbocycles. The molecule has 2 aliphatic rings. The lowest BCUT2D eigenvalue weighted by Gasteiger charge is -2.22. The van der Waals surface area contributed by atoms with Gasteiger partial charge in [-0.1, -0.05) is 55.0 Å². The molecule has 0 unspecified atom stereocenters. The third-order valence-corrected chi connectivity index (χ3v) is 6.30. The summed E-state index contributed by atoms with van der Waals surface area (Å²) in [6, 6.07) is 14.3. The van der Waals surface area contributed by atoms with Crippen molar-refractivity contribution in [3.05, 3.63) is 59.7 Å². The molecule has 0 saturated heterocycles. The van der Waals surface area contributed by atoms with Crippen LogP contribution in [-0.4, -0.2) is 53.5 Å². The Kier molecular flexibility index (Phi) is 6.41. The predicted octanol–water partition coefficient (Wildman–Crippen LogP) is 2.26. The summed E-state index contributed by atoms with van der Waals surface area (Å²) >= 11 is 0. The molecule has 168 valence electrons. The van der Waals surface area contributed by atoms with Crippen LogP contribution in [0, 0.1) is 5.92 Å². The predicted molar refractivity (Wildman–Crippen MR) is 116 cm³/mol. The SMILES string of the molecule is O=C(N[C@@H]1CCC[C@@H]1C(=O)N[C@@H](CO)C(=O)O)OCC1c2ccccc2-c2ccccc21. The molecule has 3 atom stereocenters. The Hall–Kier alpha value is -3.39. The fraction of sp³-hybridized carbons (Fsp3) is 0.375. The van der Waals surface area contributed by atoms with Gasteiger partial charge in [0.15, 0.2) is 0 Å². The topological polar surface area (TPSA) is 125 Å². The van der Waals surface area contributed by atoms with Gasteiger partial charge in [0, 0.05) is 12.0 Å². The largest absolute Gasteiger partial charge is 0.480 e. The number of aliphatic hydroxyl groups excluding tert-OH is 1. The van der Waals surface area contributed by atoms with Gasteiger partial charge in [0.05, 0.1) is 12.5 Å². The van der Waals surface area contributed by atoms with Crippen molar-refractivity contribution in [2.75, 3.05) is 13.2 Å². The van der Waals surface area contributed by atoms with E-state index >= 15 is 0 Å². The van der Waals surface area contributed by atoms with Crippen LogP contribution in [0.3, 0.4) is 0 Å². The van der Waals surface area contributed by atoms with Gasteiger partial charge in [-0.3, -0.25) is 4.79 Å². The lowest BCUT2D eigenvalue weighted by molar-refractivity contribution is -0.143. The number of amides is 2. The van der Waals surface area contributed by atoms with E-state index in [1.807, 2.05) is 36.4 Å². The standard InChI is InChI=1S/C24H26N2O6/c27-12-21(23(29)30)25-22(28)18-10-5-11-20(18)26-24(31)32-13-19-16-8-3-1-6-14(16)15-7-2-4-9-17(15)19/h1-4,6-9,18-21,27H,5,10-13H2,(H,25,28)(H,26,31)(H,29,30)/t18-,20+,21-/m0/s1. The molecule has 8 heteroatoms. The number of aliphatic hydroxyl groups is 1. The molecule has 0 aromatic heterocycles. The Morgan fingerprint density at radius 1 is 1.00 bits per heavy atom. The molecule has 32 heavy (non-hydrogen) atoms. The van der Waals surface area contributed by atoms with Gasteiger partial charge in [0.25, 0.3) is 0 Å². The van der Waals surface area contributed by atoms with E-state index < -0.39 is 42.6 Å². The Morgan fingerprint density at radius 3 is 2.22 bits per heavy atom. The molecule has 0 spiro atoms. The summed E-state index contributed by atoms with van der Waals surface area (Å²) in [5, 5.41) is 23.3. The number of rotatable bonds is 7. The molecule has 0 radical (unpaired) electrons. The summed E-state index contributed by atoms with van der Waals surface area (Å²) in [4.78, 5) is 36.1. The molecule has 2 amide bonds. The van der Waals surface area contributed by atoms with E-state index in [9.17, 15) is 14.4 Å².